The van der Waals surface area contributed by atoms with Crippen LogP contribution in [0.2, 0.25) is 5.02 Å². The van der Waals surface area contributed by atoms with E-state index in [2.05, 4.69) is 20.6 Å². The van der Waals surface area contributed by atoms with Crippen LogP contribution in [0.5, 0.6) is 0 Å². The fourth-order valence-corrected chi connectivity index (χ4v) is 3.23. The molecule has 0 spiro atoms. The summed E-state index contributed by atoms with van der Waals surface area (Å²) < 4.78 is 5.69. The van der Waals surface area contributed by atoms with Gasteiger partial charge in [0.1, 0.15) is 11.6 Å². The summed E-state index contributed by atoms with van der Waals surface area (Å²) >= 11 is 6.28. The second kappa shape index (κ2) is 8.37. The van der Waals surface area contributed by atoms with E-state index < -0.39 is 0 Å². The van der Waals surface area contributed by atoms with Crippen LogP contribution in [0.4, 0.5) is 17.3 Å². The first-order valence-corrected chi connectivity index (χ1v) is 9.47. The quantitative estimate of drug-likeness (QED) is 0.620. The van der Waals surface area contributed by atoms with Crippen molar-refractivity contribution < 1.29 is 4.74 Å². The molecule has 1 unspecified atom stereocenters. The third kappa shape index (κ3) is 4.56. The topological polar surface area (TPSA) is 59.1 Å². The van der Waals surface area contributed by atoms with Gasteiger partial charge in [0.25, 0.3) is 0 Å². The average molecular weight is 381 g/mol. The van der Waals surface area contributed by atoms with E-state index in [1.54, 1.807) is 0 Å². The molecule has 1 fully saturated rings. The van der Waals surface area contributed by atoms with Gasteiger partial charge in [0.15, 0.2) is 5.82 Å². The molecule has 0 radical (unpaired) electrons. The molecule has 0 bridgehead atoms. The Morgan fingerprint density at radius 1 is 1.00 bits per heavy atom. The lowest BCUT2D eigenvalue weighted by molar-refractivity contribution is 0.120. The van der Waals surface area contributed by atoms with Gasteiger partial charge in [0, 0.05) is 24.8 Å². The van der Waals surface area contributed by atoms with E-state index in [0.29, 0.717) is 16.7 Å². The van der Waals surface area contributed by atoms with E-state index >= 15 is 0 Å². The van der Waals surface area contributed by atoms with Crippen molar-refractivity contribution in [2.75, 3.05) is 23.8 Å². The SMILES string of the molecule is Clc1ccccc1Nc1cc(NCC2CCCO2)nc(-c2ccccc2)n1. The van der Waals surface area contributed by atoms with Crippen LogP contribution in [0.1, 0.15) is 12.8 Å². The number of para-hydroxylation sites is 1. The van der Waals surface area contributed by atoms with Crippen LogP contribution < -0.4 is 10.6 Å². The highest BCUT2D eigenvalue weighted by Crippen LogP contribution is 2.27. The molecular weight excluding hydrogens is 360 g/mol. The monoisotopic (exact) mass is 380 g/mol. The maximum atomic E-state index is 6.28. The van der Waals surface area contributed by atoms with Gasteiger partial charge >= 0.3 is 0 Å². The number of anilines is 3. The summed E-state index contributed by atoms with van der Waals surface area (Å²) in [4.78, 5) is 9.35. The zero-order valence-corrected chi connectivity index (χ0v) is 15.6. The largest absolute Gasteiger partial charge is 0.376 e. The maximum Gasteiger partial charge on any atom is 0.163 e. The molecule has 1 atom stereocenters. The Balaban J connectivity index is 1.62. The van der Waals surface area contributed by atoms with Crippen molar-refractivity contribution in [2.45, 2.75) is 18.9 Å². The first kappa shape index (κ1) is 17.8. The van der Waals surface area contributed by atoms with Gasteiger partial charge in [-0.1, -0.05) is 54.1 Å². The van der Waals surface area contributed by atoms with Gasteiger partial charge < -0.3 is 15.4 Å². The van der Waals surface area contributed by atoms with E-state index in [1.165, 1.54) is 0 Å². The predicted octanol–water partition coefficient (Wildman–Crippen LogP) is 5.13. The summed E-state index contributed by atoms with van der Waals surface area (Å²) in [5.74, 6) is 2.10. The minimum atomic E-state index is 0.236. The van der Waals surface area contributed by atoms with Crippen molar-refractivity contribution in [3.05, 3.63) is 65.7 Å². The highest BCUT2D eigenvalue weighted by Gasteiger charge is 2.16. The molecule has 1 saturated heterocycles. The zero-order valence-electron chi connectivity index (χ0n) is 14.9. The minimum absolute atomic E-state index is 0.236. The lowest BCUT2D eigenvalue weighted by Crippen LogP contribution is -2.19. The number of halogens is 1. The average Bonchev–Trinajstić information content (AvgIpc) is 3.22. The van der Waals surface area contributed by atoms with Gasteiger partial charge in [-0.15, -0.1) is 0 Å². The Labute approximate surface area is 163 Å². The van der Waals surface area contributed by atoms with Gasteiger partial charge in [-0.2, -0.15) is 0 Å². The Kier molecular flexibility index (Phi) is 5.51. The van der Waals surface area contributed by atoms with Crippen LogP contribution in [0.15, 0.2) is 60.7 Å². The van der Waals surface area contributed by atoms with E-state index in [9.17, 15) is 0 Å². The number of nitrogens with zero attached hydrogens (tertiary/aromatic N) is 2. The molecule has 5 nitrogen and oxygen atoms in total. The van der Waals surface area contributed by atoms with Gasteiger partial charge in [-0.05, 0) is 25.0 Å². The van der Waals surface area contributed by atoms with Crippen molar-refractivity contribution in [1.82, 2.24) is 9.97 Å². The number of hydrogen-bond donors (Lipinski definition) is 2. The minimum Gasteiger partial charge on any atom is -0.376 e. The zero-order chi connectivity index (χ0) is 18.5. The highest BCUT2D eigenvalue weighted by atomic mass is 35.5. The van der Waals surface area contributed by atoms with Crippen LogP contribution in [0, 0.1) is 0 Å². The normalized spacial score (nSPS) is 16.3. The first-order chi connectivity index (χ1) is 13.3. The highest BCUT2D eigenvalue weighted by molar-refractivity contribution is 6.33. The molecule has 2 N–H and O–H groups in total. The number of hydrogen-bond acceptors (Lipinski definition) is 5. The van der Waals surface area contributed by atoms with Crippen LogP contribution in [0.3, 0.4) is 0 Å². The summed E-state index contributed by atoms with van der Waals surface area (Å²) in [6, 6.07) is 19.4. The molecule has 27 heavy (non-hydrogen) atoms. The first-order valence-electron chi connectivity index (χ1n) is 9.09. The van der Waals surface area contributed by atoms with E-state index in [0.717, 1.165) is 43.1 Å². The third-order valence-electron chi connectivity index (χ3n) is 4.43. The van der Waals surface area contributed by atoms with Crippen LogP contribution in [0.25, 0.3) is 11.4 Å². The van der Waals surface area contributed by atoms with Crippen molar-refractivity contribution in [3.63, 3.8) is 0 Å². The molecule has 3 aromatic rings. The molecule has 2 aromatic carbocycles. The molecule has 138 valence electrons. The Bertz CT molecular complexity index is 898. The maximum absolute atomic E-state index is 6.28. The van der Waals surface area contributed by atoms with Crippen LogP contribution in [-0.4, -0.2) is 29.2 Å². The van der Waals surface area contributed by atoms with E-state index in [-0.39, 0.29) is 6.10 Å². The van der Waals surface area contributed by atoms with Crippen molar-refractivity contribution in [2.24, 2.45) is 0 Å². The van der Waals surface area contributed by atoms with Gasteiger partial charge in [0.05, 0.1) is 16.8 Å². The second-order valence-corrected chi connectivity index (χ2v) is 6.86. The summed E-state index contributed by atoms with van der Waals surface area (Å²) in [7, 11) is 0. The second-order valence-electron chi connectivity index (χ2n) is 6.45. The molecular formula is C21H21ClN4O. The summed E-state index contributed by atoms with van der Waals surface area (Å²) in [6.07, 6.45) is 2.43. The molecule has 1 aliphatic rings. The van der Waals surface area contributed by atoms with E-state index in [4.69, 9.17) is 16.3 Å². The molecule has 0 aliphatic carbocycles. The molecule has 6 heteroatoms. The number of aromatic nitrogens is 2. The Morgan fingerprint density at radius 3 is 2.56 bits per heavy atom. The molecule has 1 aliphatic heterocycles. The summed E-state index contributed by atoms with van der Waals surface area (Å²) in [6.45, 7) is 1.57. The van der Waals surface area contributed by atoms with Crippen molar-refractivity contribution >= 4 is 28.9 Å². The van der Waals surface area contributed by atoms with Gasteiger partial charge in [-0.25, -0.2) is 9.97 Å². The molecule has 0 amide bonds. The summed E-state index contributed by atoms with van der Waals surface area (Å²) in [5.41, 5.74) is 1.77. The molecule has 4 rings (SSSR count). The fraction of sp³-hybridized carbons (Fsp3) is 0.238. The van der Waals surface area contributed by atoms with Gasteiger partial charge in [0.2, 0.25) is 0 Å². The lowest BCUT2D eigenvalue weighted by atomic mass is 10.2. The molecule has 0 saturated carbocycles. The number of nitrogens with one attached hydrogen (secondary N) is 2. The number of rotatable bonds is 6. The van der Waals surface area contributed by atoms with Crippen molar-refractivity contribution in [3.8, 4) is 11.4 Å². The predicted molar refractivity (Wildman–Crippen MR) is 110 cm³/mol. The Morgan fingerprint density at radius 2 is 1.78 bits per heavy atom. The summed E-state index contributed by atoms with van der Waals surface area (Å²) in [5, 5.41) is 7.33. The van der Waals surface area contributed by atoms with Crippen LogP contribution >= 0.6 is 11.6 Å². The number of ether oxygens (including phenoxy) is 1. The fourth-order valence-electron chi connectivity index (χ4n) is 3.04. The van der Waals surface area contributed by atoms with Crippen LogP contribution in [-0.2, 0) is 4.74 Å². The van der Waals surface area contributed by atoms with E-state index in [1.807, 2.05) is 60.7 Å². The van der Waals surface area contributed by atoms with Gasteiger partial charge in [-0.3, -0.25) is 0 Å². The Hall–Kier alpha value is -2.63. The lowest BCUT2D eigenvalue weighted by Gasteiger charge is -2.14. The molecule has 1 aromatic heterocycles. The standard InChI is InChI=1S/C21H21ClN4O/c22-17-10-4-5-11-18(17)24-20-13-19(23-14-16-9-6-12-27-16)25-21(26-20)15-7-2-1-3-8-15/h1-5,7-8,10-11,13,16H,6,9,12,14H2,(H2,23,24,25,26). The smallest absolute Gasteiger partial charge is 0.163 e. The van der Waals surface area contributed by atoms with Crippen molar-refractivity contribution in [1.29, 1.82) is 0 Å². The third-order valence-corrected chi connectivity index (χ3v) is 4.76. The number of benzene rings is 2. The molecule has 2 heterocycles.